The van der Waals surface area contributed by atoms with Crippen LogP contribution in [0.2, 0.25) is 0 Å². The molecule has 2 atom stereocenters. The minimum absolute atomic E-state index is 0.251. The summed E-state index contributed by atoms with van der Waals surface area (Å²) in [6, 6.07) is 14.1. The fourth-order valence-electron chi connectivity index (χ4n) is 8.04. The first-order valence-electron chi connectivity index (χ1n) is 16.1. The van der Waals surface area contributed by atoms with Crippen molar-refractivity contribution in [2.75, 3.05) is 0 Å². The van der Waals surface area contributed by atoms with E-state index in [1.165, 1.54) is 9.80 Å². The summed E-state index contributed by atoms with van der Waals surface area (Å²) in [4.78, 5) is 58.8. The van der Waals surface area contributed by atoms with E-state index in [9.17, 15) is 29.7 Å². The molecule has 5 aromatic rings. The van der Waals surface area contributed by atoms with Crippen molar-refractivity contribution in [1.29, 1.82) is 10.5 Å². The molecule has 2 aliphatic heterocycles. The Morgan fingerprint density at radius 3 is 1.24 bits per heavy atom. The standard InChI is InChI=1S/C38H32N4O4/c1-5-9-21(7-3)41-35(43)25-13-11-23-30-20(18-40)16-28-32-26(36(44)42(38(28)46)22(8-4)10-6-2)14-12-24(34(30)32)29-19(17-39)15-27(37(41)45)31(25)33(23)29/h11-16,21-22H,5-10H2,1-4H3. The van der Waals surface area contributed by atoms with Gasteiger partial charge in [-0.05, 0) is 60.7 Å². The number of fused-ring (bicyclic) bond motifs is 2. The van der Waals surface area contributed by atoms with Gasteiger partial charge in [-0.25, -0.2) is 0 Å². The summed E-state index contributed by atoms with van der Waals surface area (Å²) in [6.07, 6.45) is 4.19. The maximum absolute atomic E-state index is 14.1. The predicted molar refractivity (Wildman–Crippen MR) is 176 cm³/mol. The molecule has 0 bridgehead atoms. The zero-order chi connectivity index (χ0) is 32.6. The molecule has 228 valence electrons. The molecule has 0 saturated heterocycles. The van der Waals surface area contributed by atoms with Crippen LogP contribution in [0.25, 0.3) is 43.1 Å². The van der Waals surface area contributed by atoms with E-state index in [1.54, 1.807) is 36.4 Å². The van der Waals surface area contributed by atoms with E-state index in [2.05, 4.69) is 12.1 Å². The SMILES string of the molecule is CCCC(CC)N1C(=O)c2ccc3c4c(C#N)cc5c6c(ccc(c7c(C#N)cc(c2c37)C1=O)c64)C(=O)N(C(CC)CCC)C5=O. The molecule has 8 nitrogen and oxygen atoms in total. The van der Waals surface area contributed by atoms with Crippen molar-refractivity contribution in [2.24, 2.45) is 0 Å². The van der Waals surface area contributed by atoms with E-state index in [4.69, 9.17) is 0 Å². The normalized spacial score (nSPS) is 15.8. The first-order valence-corrected chi connectivity index (χ1v) is 16.1. The molecule has 2 aliphatic rings. The highest BCUT2D eigenvalue weighted by Crippen LogP contribution is 2.49. The molecule has 46 heavy (non-hydrogen) atoms. The van der Waals surface area contributed by atoms with E-state index in [0.717, 1.165) is 12.8 Å². The fraction of sp³-hybridized carbons (Fsp3) is 0.316. The van der Waals surface area contributed by atoms with Crippen LogP contribution in [0.1, 0.15) is 119 Å². The molecule has 7 rings (SSSR count). The van der Waals surface area contributed by atoms with Crippen LogP contribution in [0.15, 0.2) is 36.4 Å². The van der Waals surface area contributed by atoms with Crippen molar-refractivity contribution in [1.82, 2.24) is 9.80 Å². The van der Waals surface area contributed by atoms with Gasteiger partial charge in [-0.3, -0.25) is 29.0 Å². The summed E-state index contributed by atoms with van der Waals surface area (Å²) in [5.74, 6) is -1.59. The molecule has 5 aromatic carbocycles. The predicted octanol–water partition coefficient (Wildman–Crippen LogP) is 7.83. The Kier molecular flexibility index (Phi) is 6.79. The van der Waals surface area contributed by atoms with Gasteiger partial charge in [0.15, 0.2) is 0 Å². The molecule has 0 spiro atoms. The van der Waals surface area contributed by atoms with Crippen LogP contribution in [-0.4, -0.2) is 45.5 Å². The van der Waals surface area contributed by atoms with Crippen LogP contribution < -0.4 is 0 Å². The van der Waals surface area contributed by atoms with Crippen LogP contribution in [0, 0.1) is 22.7 Å². The Balaban J connectivity index is 1.63. The number of nitriles is 2. The third kappa shape index (κ3) is 3.64. The molecule has 8 heteroatoms. The molecule has 0 radical (unpaired) electrons. The van der Waals surface area contributed by atoms with Gasteiger partial charge in [0, 0.05) is 55.5 Å². The van der Waals surface area contributed by atoms with Crippen LogP contribution in [0.5, 0.6) is 0 Å². The highest BCUT2D eigenvalue weighted by molar-refractivity contribution is 6.42. The molecule has 2 unspecified atom stereocenters. The summed E-state index contributed by atoms with van der Waals surface area (Å²) in [6.45, 7) is 7.94. The molecule has 0 aromatic heterocycles. The lowest BCUT2D eigenvalue weighted by molar-refractivity contribution is 0.0510. The molecule has 0 saturated carbocycles. The minimum Gasteiger partial charge on any atom is -0.271 e. The highest BCUT2D eigenvalue weighted by Gasteiger charge is 2.41. The first kappa shape index (κ1) is 29.4. The lowest BCUT2D eigenvalue weighted by atomic mass is 9.79. The molecule has 0 fully saturated rings. The van der Waals surface area contributed by atoms with E-state index in [0.29, 0.717) is 79.9 Å². The van der Waals surface area contributed by atoms with Crippen molar-refractivity contribution in [3.05, 3.63) is 69.8 Å². The quantitative estimate of drug-likeness (QED) is 0.101. The van der Waals surface area contributed by atoms with Gasteiger partial charge in [0.2, 0.25) is 0 Å². The molecule has 0 aliphatic carbocycles. The first-order chi connectivity index (χ1) is 22.3. The van der Waals surface area contributed by atoms with Gasteiger partial charge in [0.25, 0.3) is 23.6 Å². The number of hydrogen-bond donors (Lipinski definition) is 0. The smallest absolute Gasteiger partial charge is 0.261 e. The van der Waals surface area contributed by atoms with E-state index in [-0.39, 0.29) is 46.2 Å². The van der Waals surface area contributed by atoms with Gasteiger partial charge in [-0.1, -0.05) is 52.7 Å². The van der Waals surface area contributed by atoms with Gasteiger partial charge < -0.3 is 0 Å². The topological polar surface area (TPSA) is 122 Å². The van der Waals surface area contributed by atoms with Crippen molar-refractivity contribution in [3.63, 3.8) is 0 Å². The Morgan fingerprint density at radius 2 is 0.913 bits per heavy atom. The van der Waals surface area contributed by atoms with Crippen molar-refractivity contribution < 1.29 is 19.2 Å². The summed E-state index contributed by atoms with van der Waals surface area (Å²) in [5, 5.41) is 25.3. The van der Waals surface area contributed by atoms with Gasteiger partial charge >= 0.3 is 0 Å². The number of benzene rings is 5. The number of nitrogens with zero attached hydrogens (tertiary/aromatic N) is 4. The second kappa shape index (κ2) is 10.6. The maximum Gasteiger partial charge on any atom is 0.261 e. The second-order valence-corrected chi connectivity index (χ2v) is 12.4. The zero-order valence-electron chi connectivity index (χ0n) is 26.3. The second-order valence-electron chi connectivity index (χ2n) is 12.4. The average molecular weight is 609 g/mol. The van der Waals surface area contributed by atoms with Crippen molar-refractivity contribution in [3.8, 4) is 12.1 Å². The number of amides is 4. The van der Waals surface area contributed by atoms with E-state index in [1.807, 2.05) is 27.7 Å². The summed E-state index contributed by atoms with van der Waals surface area (Å²) >= 11 is 0. The van der Waals surface area contributed by atoms with Gasteiger partial charge in [0.1, 0.15) is 0 Å². The fourth-order valence-corrected chi connectivity index (χ4v) is 8.04. The highest BCUT2D eigenvalue weighted by atomic mass is 16.2. The molecular weight excluding hydrogens is 576 g/mol. The largest absolute Gasteiger partial charge is 0.271 e. The van der Waals surface area contributed by atoms with Crippen LogP contribution in [0.4, 0.5) is 0 Å². The summed E-state index contributed by atoms with van der Waals surface area (Å²) in [7, 11) is 0. The summed E-state index contributed by atoms with van der Waals surface area (Å²) < 4.78 is 0. The third-order valence-electron chi connectivity index (χ3n) is 10.1. The maximum atomic E-state index is 14.1. The Bertz CT molecular complexity index is 2130. The van der Waals surface area contributed by atoms with Crippen LogP contribution in [-0.2, 0) is 0 Å². The Labute approximate surface area is 266 Å². The lowest BCUT2D eigenvalue weighted by Gasteiger charge is -2.35. The number of hydrogen-bond acceptors (Lipinski definition) is 6. The van der Waals surface area contributed by atoms with Gasteiger partial charge in [0.05, 0.1) is 34.4 Å². The third-order valence-corrected chi connectivity index (χ3v) is 10.1. The van der Waals surface area contributed by atoms with Crippen molar-refractivity contribution >= 4 is 66.7 Å². The molecule has 2 heterocycles. The minimum atomic E-state index is -0.427. The van der Waals surface area contributed by atoms with E-state index >= 15 is 0 Å². The number of rotatable bonds is 8. The van der Waals surface area contributed by atoms with Gasteiger partial charge in [-0.15, -0.1) is 0 Å². The van der Waals surface area contributed by atoms with Crippen LogP contribution >= 0.6 is 0 Å². The molecule has 0 N–H and O–H groups in total. The average Bonchev–Trinajstić information content (AvgIpc) is 3.07. The number of carbonyl (C=O) groups excluding carboxylic acids is 4. The van der Waals surface area contributed by atoms with Crippen LogP contribution in [0.3, 0.4) is 0 Å². The number of imide groups is 2. The number of carbonyl (C=O) groups is 4. The van der Waals surface area contributed by atoms with Crippen molar-refractivity contribution in [2.45, 2.75) is 78.3 Å². The summed E-state index contributed by atoms with van der Waals surface area (Å²) in [5.41, 5.74) is 1.84. The Morgan fingerprint density at radius 1 is 0.543 bits per heavy atom. The molecule has 4 amide bonds. The Hall–Kier alpha value is -5.34. The monoisotopic (exact) mass is 608 g/mol. The molecular formula is C38H32N4O4. The van der Waals surface area contributed by atoms with E-state index < -0.39 is 11.8 Å². The zero-order valence-corrected chi connectivity index (χ0v) is 26.3. The lowest BCUT2D eigenvalue weighted by Crippen LogP contribution is -2.47. The van der Waals surface area contributed by atoms with Gasteiger partial charge in [-0.2, -0.15) is 10.5 Å².